The van der Waals surface area contributed by atoms with Crippen LogP contribution >= 0.6 is 0 Å². The Morgan fingerprint density at radius 2 is 2.04 bits per heavy atom. The number of rotatable bonds is 5. The second-order valence-electron chi connectivity index (χ2n) is 7.30. The smallest absolute Gasteiger partial charge is 0.339 e. The predicted octanol–water partition coefficient (Wildman–Crippen LogP) is 2.84. The second-order valence-corrected chi connectivity index (χ2v) is 7.30. The van der Waals surface area contributed by atoms with Crippen LogP contribution in [0.4, 0.5) is 0 Å². The summed E-state index contributed by atoms with van der Waals surface area (Å²) in [6.45, 7) is 6.49. The standard InChI is InChI=1S/C21H24N2O4/c1-12-13(2)22-23(14(12)3)10-15(24)11-26-16-7-8-18-17-5-4-6-19(17)21(25)27-20(18)9-16/h7-9,15,24H,4-6,10-11H2,1-3H3/t15-/m0/s1. The van der Waals surface area contributed by atoms with E-state index in [9.17, 15) is 9.90 Å². The van der Waals surface area contributed by atoms with E-state index in [1.165, 1.54) is 0 Å². The highest BCUT2D eigenvalue weighted by atomic mass is 16.5. The first-order valence-corrected chi connectivity index (χ1v) is 9.34. The van der Waals surface area contributed by atoms with Gasteiger partial charge in [0.2, 0.25) is 0 Å². The van der Waals surface area contributed by atoms with E-state index in [4.69, 9.17) is 9.15 Å². The van der Waals surface area contributed by atoms with E-state index < -0.39 is 6.10 Å². The van der Waals surface area contributed by atoms with Crippen molar-refractivity contribution < 1.29 is 14.3 Å². The highest BCUT2D eigenvalue weighted by Crippen LogP contribution is 2.29. The van der Waals surface area contributed by atoms with Crippen LogP contribution < -0.4 is 10.4 Å². The molecule has 1 atom stereocenters. The molecule has 2 aromatic heterocycles. The normalized spacial score (nSPS) is 14.5. The topological polar surface area (TPSA) is 77.5 Å². The van der Waals surface area contributed by atoms with Gasteiger partial charge in [-0.1, -0.05) is 0 Å². The number of fused-ring (bicyclic) bond motifs is 3. The van der Waals surface area contributed by atoms with Crippen LogP contribution in [0.1, 0.15) is 34.5 Å². The van der Waals surface area contributed by atoms with Crippen molar-refractivity contribution in [3.63, 3.8) is 0 Å². The molecule has 27 heavy (non-hydrogen) atoms. The molecule has 3 aromatic rings. The average Bonchev–Trinajstić information content (AvgIpc) is 3.22. The van der Waals surface area contributed by atoms with Crippen LogP contribution in [0.2, 0.25) is 0 Å². The number of aliphatic hydroxyl groups is 1. The minimum absolute atomic E-state index is 0.137. The van der Waals surface area contributed by atoms with Crippen molar-refractivity contribution in [1.82, 2.24) is 9.78 Å². The van der Waals surface area contributed by atoms with Gasteiger partial charge in [0.05, 0.1) is 12.2 Å². The summed E-state index contributed by atoms with van der Waals surface area (Å²) >= 11 is 0. The van der Waals surface area contributed by atoms with Crippen molar-refractivity contribution >= 4 is 11.0 Å². The molecule has 0 saturated heterocycles. The summed E-state index contributed by atoms with van der Waals surface area (Å²) in [5.74, 6) is 0.576. The summed E-state index contributed by atoms with van der Waals surface area (Å²) in [6.07, 6.45) is 2.02. The molecule has 0 unspecified atom stereocenters. The van der Waals surface area contributed by atoms with Gasteiger partial charge in [-0.2, -0.15) is 5.10 Å². The van der Waals surface area contributed by atoms with E-state index in [-0.39, 0.29) is 12.2 Å². The van der Waals surface area contributed by atoms with E-state index in [2.05, 4.69) is 5.10 Å². The lowest BCUT2D eigenvalue weighted by molar-refractivity contribution is 0.0887. The Kier molecular flexibility index (Phi) is 4.52. The van der Waals surface area contributed by atoms with E-state index in [1.807, 2.05) is 32.9 Å². The highest BCUT2D eigenvalue weighted by Gasteiger charge is 2.20. The molecule has 0 spiro atoms. The van der Waals surface area contributed by atoms with Gasteiger partial charge in [-0.25, -0.2) is 4.79 Å². The number of hydrogen-bond donors (Lipinski definition) is 1. The number of hydrogen-bond acceptors (Lipinski definition) is 5. The molecule has 0 aliphatic heterocycles. The minimum Gasteiger partial charge on any atom is -0.491 e. The van der Waals surface area contributed by atoms with Crippen LogP contribution in [0.15, 0.2) is 27.4 Å². The molecular formula is C21H24N2O4. The molecule has 0 fully saturated rings. The number of nitrogens with zero attached hydrogens (tertiary/aromatic N) is 2. The van der Waals surface area contributed by atoms with Gasteiger partial charge in [-0.15, -0.1) is 0 Å². The number of aromatic nitrogens is 2. The van der Waals surface area contributed by atoms with Crippen molar-refractivity contribution in [2.75, 3.05) is 6.61 Å². The molecule has 0 radical (unpaired) electrons. The Hall–Kier alpha value is -2.60. The largest absolute Gasteiger partial charge is 0.491 e. The van der Waals surface area contributed by atoms with Gasteiger partial charge in [0, 0.05) is 22.7 Å². The third kappa shape index (κ3) is 3.25. The van der Waals surface area contributed by atoms with Gasteiger partial charge in [0.1, 0.15) is 24.0 Å². The molecule has 1 aromatic carbocycles. The van der Waals surface area contributed by atoms with Crippen LogP contribution in [0, 0.1) is 20.8 Å². The Morgan fingerprint density at radius 3 is 2.78 bits per heavy atom. The van der Waals surface area contributed by atoms with E-state index in [1.54, 1.807) is 10.7 Å². The van der Waals surface area contributed by atoms with Crippen molar-refractivity contribution in [2.45, 2.75) is 52.7 Å². The molecule has 2 heterocycles. The second kappa shape index (κ2) is 6.85. The lowest BCUT2D eigenvalue weighted by Gasteiger charge is -2.14. The van der Waals surface area contributed by atoms with Crippen LogP contribution in [0.3, 0.4) is 0 Å². The van der Waals surface area contributed by atoms with E-state index in [0.29, 0.717) is 17.9 Å². The number of aryl methyl sites for hydroxylation is 2. The molecule has 142 valence electrons. The van der Waals surface area contributed by atoms with Crippen molar-refractivity contribution in [2.24, 2.45) is 0 Å². The summed E-state index contributed by atoms with van der Waals surface area (Å²) in [6, 6.07) is 5.53. The van der Waals surface area contributed by atoms with Gasteiger partial charge in [0.15, 0.2) is 0 Å². The quantitative estimate of drug-likeness (QED) is 0.701. The van der Waals surface area contributed by atoms with Gasteiger partial charge >= 0.3 is 5.63 Å². The lowest BCUT2D eigenvalue weighted by Crippen LogP contribution is -2.24. The molecule has 1 N–H and O–H groups in total. The first-order valence-electron chi connectivity index (χ1n) is 9.34. The Morgan fingerprint density at radius 1 is 1.26 bits per heavy atom. The molecule has 0 saturated carbocycles. The summed E-state index contributed by atoms with van der Waals surface area (Å²) in [5.41, 5.74) is 5.37. The molecule has 0 bridgehead atoms. The molecule has 1 aliphatic rings. The summed E-state index contributed by atoms with van der Waals surface area (Å²) in [5, 5.41) is 15.7. The minimum atomic E-state index is -0.690. The predicted molar refractivity (Wildman–Crippen MR) is 102 cm³/mol. The third-order valence-corrected chi connectivity index (χ3v) is 5.51. The average molecular weight is 368 g/mol. The van der Waals surface area contributed by atoms with Crippen LogP contribution in [0.25, 0.3) is 11.0 Å². The van der Waals surface area contributed by atoms with Crippen LogP contribution in [0.5, 0.6) is 5.75 Å². The van der Waals surface area contributed by atoms with Crippen molar-refractivity contribution in [3.8, 4) is 5.75 Å². The zero-order chi connectivity index (χ0) is 19.1. The Labute approximate surface area is 157 Å². The molecule has 1 aliphatic carbocycles. The summed E-state index contributed by atoms with van der Waals surface area (Å²) < 4.78 is 13.0. The molecule has 6 nitrogen and oxygen atoms in total. The fourth-order valence-electron chi connectivity index (χ4n) is 3.76. The Balaban J connectivity index is 1.48. The SMILES string of the molecule is Cc1nn(C[C@H](O)COc2ccc3c4c(c(=O)oc3c2)CCC4)c(C)c1C. The maximum Gasteiger partial charge on any atom is 0.339 e. The van der Waals surface area contributed by atoms with Crippen molar-refractivity contribution in [3.05, 3.63) is 56.7 Å². The molecular weight excluding hydrogens is 344 g/mol. The Bertz CT molecular complexity index is 1060. The first-order chi connectivity index (χ1) is 12.9. The number of benzene rings is 1. The van der Waals surface area contributed by atoms with Gasteiger partial charge in [0.25, 0.3) is 0 Å². The molecule has 0 amide bonds. The summed E-state index contributed by atoms with van der Waals surface area (Å²) in [7, 11) is 0. The highest BCUT2D eigenvalue weighted by molar-refractivity contribution is 5.83. The molecule has 6 heteroatoms. The van der Waals surface area contributed by atoms with Crippen molar-refractivity contribution in [1.29, 1.82) is 0 Å². The zero-order valence-corrected chi connectivity index (χ0v) is 15.9. The lowest BCUT2D eigenvalue weighted by atomic mass is 10.1. The zero-order valence-electron chi connectivity index (χ0n) is 15.9. The molecule has 4 rings (SSSR count). The fourth-order valence-corrected chi connectivity index (χ4v) is 3.76. The third-order valence-electron chi connectivity index (χ3n) is 5.51. The fraction of sp³-hybridized carbons (Fsp3) is 0.429. The maximum absolute atomic E-state index is 12.1. The maximum atomic E-state index is 12.1. The van der Waals surface area contributed by atoms with Gasteiger partial charge in [-0.3, -0.25) is 4.68 Å². The number of aliphatic hydroxyl groups excluding tert-OH is 1. The monoisotopic (exact) mass is 368 g/mol. The summed E-state index contributed by atoms with van der Waals surface area (Å²) in [4.78, 5) is 12.1. The van der Waals surface area contributed by atoms with Crippen LogP contribution in [-0.2, 0) is 19.4 Å². The van der Waals surface area contributed by atoms with Gasteiger partial charge in [-0.05, 0) is 63.3 Å². The van der Waals surface area contributed by atoms with Crippen LogP contribution in [-0.4, -0.2) is 27.6 Å². The number of ether oxygens (including phenoxy) is 1. The van der Waals surface area contributed by atoms with Gasteiger partial charge < -0.3 is 14.3 Å². The first kappa shape index (κ1) is 17.8. The van der Waals surface area contributed by atoms with E-state index >= 15 is 0 Å². The van der Waals surface area contributed by atoms with E-state index in [0.717, 1.165) is 52.7 Å².